The highest BCUT2D eigenvalue weighted by Crippen LogP contribution is 2.19. The molecule has 0 aromatic carbocycles. The molecule has 14 heavy (non-hydrogen) atoms. The number of hydrogen-bond acceptors (Lipinski definition) is 3. The Morgan fingerprint density at radius 3 is 2.71 bits per heavy atom. The summed E-state index contributed by atoms with van der Waals surface area (Å²) >= 11 is 0. The van der Waals surface area contributed by atoms with Crippen LogP contribution in [0.5, 0.6) is 0 Å². The molecule has 0 saturated carbocycles. The van der Waals surface area contributed by atoms with Crippen LogP contribution in [0.1, 0.15) is 19.3 Å². The third-order valence-electron chi connectivity index (χ3n) is 2.82. The van der Waals surface area contributed by atoms with Gasteiger partial charge in [-0.05, 0) is 43.8 Å². The van der Waals surface area contributed by atoms with Crippen LogP contribution in [-0.2, 0) is 0 Å². The van der Waals surface area contributed by atoms with Crippen LogP contribution < -0.4 is 0 Å². The summed E-state index contributed by atoms with van der Waals surface area (Å²) in [6.45, 7) is 3.90. The molecule has 1 rings (SSSR count). The summed E-state index contributed by atoms with van der Waals surface area (Å²) in [4.78, 5) is 5.05. The molecule has 1 heterocycles. The van der Waals surface area contributed by atoms with Crippen molar-refractivity contribution < 1.29 is 5.11 Å². The topological polar surface area (TPSA) is 72.2 Å². The minimum absolute atomic E-state index is 0.309. The Hall–Kier alpha value is -0.770. The molecule has 80 valence electrons. The van der Waals surface area contributed by atoms with E-state index in [4.69, 9.17) is 10.6 Å². The maximum absolute atomic E-state index is 8.79. The van der Waals surface area contributed by atoms with Gasteiger partial charge in [0, 0.05) is 24.6 Å². The van der Waals surface area contributed by atoms with Crippen LogP contribution >= 0.6 is 0 Å². The average molecular weight is 198 g/mol. The summed E-state index contributed by atoms with van der Waals surface area (Å²) in [6.07, 6.45) is 3.26. The lowest BCUT2D eigenvalue weighted by atomic mass is 9.94. The normalized spacial score (nSPS) is 19.2. The lowest BCUT2D eigenvalue weighted by molar-refractivity contribution is 0.161. The van der Waals surface area contributed by atoms with Crippen molar-refractivity contribution in [3.8, 4) is 0 Å². The second kappa shape index (κ2) is 6.65. The molecule has 1 aliphatic heterocycles. The SMILES string of the molecule is [N-]=[N+]=NCCN1CCC(CCO)CC1. The molecule has 1 fully saturated rings. The van der Waals surface area contributed by atoms with Crippen molar-refractivity contribution >= 4 is 0 Å². The first-order valence-corrected chi connectivity index (χ1v) is 5.21. The van der Waals surface area contributed by atoms with Crippen LogP contribution in [0.2, 0.25) is 0 Å². The highest BCUT2D eigenvalue weighted by molar-refractivity contribution is 4.72. The van der Waals surface area contributed by atoms with Gasteiger partial charge in [0.2, 0.25) is 0 Å². The fourth-order valence-corrected chi connectivity index (χ4v) is 1.91. The molecule has 0 aromatic heterocycles. The van der Waals surface area contributed by atoms with Gasteiger partial charge in [0.25, 0.3) is 0 Å². The van der Waals surface area contributed by atoms with Gasteiger partial charge < -0.3 is 10.0 Å². The van der Waals surface area contributed by atoms with E-state index in [1.54, 1.807) is 0 Å². The van der Waals surface area contributed by atoms with Gasteiger partial charge in [0.15, 0.2) is 0 Å². The van der Waals surface area contributed by atoms with Crippen LogP contribution in [0, 0.1) is 5.92 Å². The number of aliphatic hydroxyl groups excluding tert-OH is 1. The minimum Gasteiger partial charge on any atom is -0.396 e. The van der Waals surface area contributed by atoms with Gasteiger partial charge in [-0.25, -0.2) is 0 Å². The highest BCUT2D eigenvalue weighted by atomic mass is 16.3. The van der Waals surface area contributed by atoms with Gasteiger partial charge in [0.1, 0.15) is 0 Å². The molecule has 0 unspecified atom stereocenters. The monoisotopic (exact) mass is 198 g/mol. The van der Waals surface area contributed by atoms with Gasteiger partial charge >= 0.3 is 0 Å². The molecule has 0 atom stereocenters. The first-order valence-electron chi connectivity index (χ1n) is 5.21. The lowest BCUT2D eigenvalue weighted by Crippen LogP contribution is -2.35. The van der Waals surface area contributed by atoms with E-state index >= 15 is 0 Å². The van der Waals surface area contributed by atoms with E-state index in [0.717, 1.165) is 38.9 Å². The number of rotatable bonds is 5. The van der Waals surface area contributed by atoms with Gasteiger partial charge in [0.05, 0.1) is 0 Å². The van der Waals surface area contributed by atoms with Crippen LogP contribution in [0.3, 0.4) is 0 Å². The summed E-state index contributed by atoms with van der Waals surface area (Å²) in [5, 5.41) is 12.3. The second-order valence-corrected chi connectivity index (χ2v) is 3.75. The summed E-state index contributed by atoms with van der Waals surface area (Å²) < 4.78 is 0. The molecule has 0 radical (unpaired) electrons. The zero-order valence-corrected chi connectivity index (χ0v) is 8.47. The van der Waals surface area contributed by atoms with Crippen molar-refractivity contribution in [3.05, 3.63) is 10.4 Å². The van der Waals surface area contributed by atoms with Gasteiger partial charge in [-0.1, -0.05) is 5.11 Å². The number of azide groups is 1. The standard InChI is InChI=1S/C9H18N4O/c10-12-11-4-7-13-5-1-9(2-6-13)3-8-14/h9,14H,1-8H2. The molecule has 0 aliphatic carbocycles. The van der Waals surface area contributed by atoms with E-state index in [0.29, 0.717) is 19.1 Å². The van der Waals surface area contributed by atoms with Crippen molar-refractivity contribution in [1.29, 1.82) is 0 Å². The van der Waals surface area contributed by atoms with E-state index in [-0.39, 0.29) is 0 Å². The molecule has 5 heteroatoms. The summed E-state index contributed by atoms with van der Waals surface area (Å²) in [5.41, 5.74) is 8.12. The number of piperidine rings is 1. The molecule has 0 aromatic rings. The zero-order chi connectivity index (χ0) is 10.2. The van der Waals surface area contributed by atoms with E-state index < -0.39 is 0 Å². The van der Waals surface area contributed by atoms with Crippen LogP contribution in [0.15, 0.2) is 5.11 Å². The van der Waals surface area contributed by atoms with Crippen molar-refractivity contribution in [2.45, 2.75) is 19.3 Å². The Balaban J connectivity index is 2.12. The van der Waals surface area contributed by atoms with Crippen LogP contribution in [0.25, 0.3) is 10.4 Å². The van der Waals surface area contributed by atoms with E-state index in [1.807, 2.05) is 0 Å². The predicted molar refractivity (Wildman–Crippen MR) is 54.9 cm³/mol. The Bertz CT molecular complexity index is 195. The number of likely N-dealkylation sites (tertiary alicyclic amines) is 1. The number of nitrogens with zero attached hydrogens (tertiary/aromatic N) is 4. The van der Waals surface area contributed by atoms with Crippen molar-refractivity contribution in [1.82, 2.24) is 4.90 Å². The van der Waals surface area contributed by atoms with Gasteiger partial charge in [-0.3, -0.25) is 0 Å². The van der Waals surface area contributed by atoms with E-state index in [1.165, 1.54) is 0 Å². The third kappa shape index (κ3) is 3.96. The molecule has 0 spiro atoms. The summed E-state index contributed by atoms with van der Waals surface area (Å²) in [5.74, 6) is 0.690. The predicted octanol–water partition coefficient (Wildman–Crippen LogP) is 1.39. The Morgan fingerprint density at radius 1 is 1.43 bits per heavy atom. The molecular formula is C9H18N4O. The smallest absolute Gasteiger partial charge is 0.0433 e. The molecule has 0 bridgehead atoms. The van der Waals surface area contributed by atoms with Crippen LogP contribution in [-0.4, -0.2) is 42.8 Å². The first-order chi connectivity index (χ1) is 6.86. The highest BCUT2D eigenvalue weighted by Gasteiger charge is 2.17. The third-order valence-corrected chi connectivity index (χ3v) is 2.82. The quantitative estimate of drug-likeness (QED) is 0.412. The minimum atomic E-state index is 0.309. The Morgan fingerprint density at radius 2 is 2.14 bits per heavy atom. The van der Waals surface area contributed by atoms with E-state index in [2.05, 4.69) is 14.9 Å². The lowest BCUT2D eigenvalue weighted by Gasteiger charge is -2.31. The zero-order valence-electron chi connectivity index (χ0n) is 8.47. The van der Waals surface area contributed by atoms with Crippen molar-refractivity contribution in [2.24, 2.45) is 11.0 Å². The fourth-order valence-electron chi connectivity index (χ4n) is 1.91. The van der Waals surface area contributed by atoms with Gasteiger partial charge in [-0.2, -0.15) is 0 Å². The largest absolute Gasteiger partial charge is 0.396 e. The number of aliphatic hydroxyl groups is 1. The first kappa shape index (κ1) is 11.3. The molecular weight excluding hydrogens is 180 g/mol. The van der Waals surface area contributed by atoms with Crippen LogP contribution in [0.4, 0.5) is 0 Å². The summed E-state index contributed by atoms with van der Waals surface area (Å²) in [6, 6.07) is 0. The average Bonchev–Trinajstić information content (AvgIpc) is 2.21. The molecule has 5 nitrogen and oxygen atoms in total. The van der Waals surface area contributed by atoms with Crippen molar-refractivity contribution in [3.63, 3.8) is 0 Å². The summed E-state index contributed by atoms with van der Waals surface area (Å²) in [7, 11) is 0. The van der Waals surface area contributed by atoms with E-state index in [9.17, 15) is 0 Å². The maximum atomic E-state index is 8.79. The van der Waals surface area contributed by atoms with Gasteiger partial charge in [-0.15, -0.1) is 0 Å². The Labute approximate surface area is 84.3 Å². The van der Waals surface area contributed by atoms with Crippen molar-refractivity contribution in [2.75, 3.05) is 32.8 Å². The molecule has 1 N–H and O–H groups in total. The fraction of sp³-hybridized carbons (Fsp3) is 1.00. The molecule has 1 aliphatic rings. The molecule has 0 amide bonds. The second-order valence-electron chi connectivity index (χ2n) is 3.75. The number of hydrogen-bond donors (Lipinski definition) is 1. The molecule has 1 saturated heterocycles. The maximum Gasteiger partial charge on any atom is 0.0433 e. The Kier molecular flexibility index (Phi) is 5.37.